The molecule has 0 atom stereocenters. The molecule has 0 saturated carbocycles. The quantitative estimate of drug-likeness (QED) is 0.531. The minimum atomic E-state index is -3.57. The Morgan fingerprint density at radius 1 is 1.03 bits per heavy atom. The van der Waals surface area contributed by atoms with Gasteiger partial charge in [-0.1, -0.05) is 41.7 Å². The van der Waals surface area contributed by atoms with Gasteiger partial charge in [0, 0.05) is 44.6 Å². The van der Waals surface area contributed by atoms with Crippen LogP contribution < -0.4 is 5.32 Å². The number of benzene rings is 2. The standard InChI is InChI=1S/C22H24N4O4S2/c1-25-11-13-26(14-12-25)32(29,30)17-7-8-18-20(15-17)31-22(23-18)24-21(28)10-9-19(27)16-5-3-2-4-6-16/h2-8,15H,9-14H2,1H3,(H,23,24,28). The van der Waals surface area contributed by atoms with Crippen LogP contribution in [0.2, 0.25) is 0 Å². The lowest BCUT2D eigenvalue weighted by molar-refractivity contribution is -0.116. The number of aromatic nitrogens is 1. The van der Waals surface area contributed by atoms with Crippen molar-refractivity contribution in [2.75, 3.05) is 38.5 Å². The number of thiazole rings is 1. The Labute approximate surface area is 190 Å². The van der Waals surface area contributed by atoms with Crippen molar-refractivity contribution < 1.29 is 18.0 Å². The normalized spacial score (nSPS) is 15.7. The highest BCUT2D eigenvalue weighted by Gasteiger charge is 2.27. The molecule has 0 spiro atoms. The van der Waals surface area contributed by atoms with Crippen molar-refractivity contribution in [3.63, 3.8) is 0 Å². The van der Waals surface area contributed by atoms with Gasteiger partial charge in [-0.15, -0.1) is 0 Å². The lowest BCUT2D eigenvalue weighted by Gasteiger charge is -2.31. The van der Waals surface area contributed by atoms with Crippen molar-refractivity contribution in [1.82, 2.24) is 14.2 Å². The third-order valence-electron chi connectivity index (χ3n) is 5.38. The first-order chi connectivity index (χ1) is 15.3. The van der Waals surface area contributed by atoms with Crippen molar-refractivity contribution in [2.24, 2.45) is 0 Å². The Bertz CT molecular complexity index is 1230. The van der Waals surface area contributed by atoms with Crippen LogP contribution in [0.5, 0.6) is 0 Å². The molecule has 168 valence electrons. The fraction of sp³-hybridized carbons (Fsp3) is 0.318. The Balaban J connectivity index is 1.41. The molecular weight excluding hydrogens is 448 g/mol. The van der Waals surface area contributed by atoms with Gasteiger partial charge in [0.15, 0.2) is 10.9 Å². The molecule has 10 heteroatoms. The molecule has 8 nitrogen and oxygen atoms in total. The van der Waals surface area contributed by atoms with E-state index in [2.05, 4.69) is 15.2 Å². The van der Waals surface area contributed by atoms with Gasteiger partial charge >= 0.3 is 0 Å². The van der Waals surface area contributed by atoms with Gasteiger partial charge in [0.05, 0.1) is 15.1 Å². The van der Waals surface area contributed by atoms with E-state index in [1.165, 1.54) is 15.6 Å². The number of carbonyl (C=O) groups excluding carboxylic acids is 2. The summed E-state index contributed by atoms with van der Waals surface area (Å²) < 4.78 is 28.1. The van der Waals surface area contributed by atoms with Crippen LogP contribution in [0, 0.1) is 0 Å². The number of likely N-dealkylation sites (N-methyl/N-ethyl adjacent to an activating group) is 1. The van der Waals surface area contributed by atoms with Gasteiger partial charge in [0.2, 0.25) is 15.9 Å². The number of Topliss-reactive ketones (excluding diaryl/α,β-unsaturated/α-hetero) is 1. The van der Waals surface area contributed by atoms with Crippen LogP contribution in [0.1, 0.15) is 23.2 Å². The molecular formula is C22H24N4O4S2. The van der Waals surface area contributed by atoms with Crippen LogP contribution >= 0.6 is 11.3 Å². The molecule has 1 aliphatic heterocycles. The second-order valence-corrected chi connectivity index (χ2v) is 10.7. The molecule has 1 amide bonds. The van der Waals surface area contributed by atoms with E-state index in [1.807, 2.05) is 13.1 Å². The number of nitrogens with one attached hydrogen (secondary N) is 1. The number of hydrogen-bond acceptors (Lipinski definition) is 7. The molecule has 32 heavy (non-hydrogen) atoms. The topological polar surface area (TPSA) is 99.7 Å². The van der Waals surface area contributed by atoms with Crippen LogP contribution in [-0.2, 0) is 14.8 Å². The maximum atomic E-state index is 13.0. The lowest BCUT2D eigenvalue weighted by Crippen LogP contribution is -2.46. The van der Waals surface area contributed by atoms with Crippen molar-refractivity contribution in [3.05, 3.63) is 54.1 Å². The first-order valence-corrected chi connectivity index (χ1v) is 12.6. The van der Waals surface area contributed by atoms with Gasteiger partial charge in [-0.3, -0.25) is 9.59 Å². The van der Waals surface area contributed by atoms with E-state index in [4.69, 9.17) is 0 Å². The molecule has 2 aromatic carbocycles. The van der Waals surface area contributed by atoms with Crippen LogP contribution in [0.3, 0.4) is 0 Å². The van der Waals surface area contributed by atoms with Crippen LogP contribution in [0.4, 0.5) is 5.13 Å². The average Bonchev–Trinajstić information content (AvgIpc) is 3.19. The van der Waals surface area contributed by atoms with E-state index in [0.717, 1.165) is 0 Å². The van der Waals surface area contributed by atoms with E-state index >= 15 is 0 Å². The number of ketones is 1. The molecule has 1 aromatic heterocycles. The maximum Gasteiger partial charge on any atom is 0.243 e. The predicted octanol–water partition coefficient (Wildman–Crippen LogP) is 2.83. The zero-order valence-electron chi connectivity index (χ0n) is 17.7. The number of fused-ring (bicyclic) bond motifs is 1. The second kappa shape index (κ2) is 9.45. The lowest BCUT2D eigenvalue weighted by atomic mass is 10.1. The van der Waals surface area contributed by atoms with Gasteiger partial charge in [-0.05, 0) is 25.2 Å². The molecule has 3 aromatic rings. The summed E-state index contributed by atoms with van der Waals surface area (Å²) >= 11 is 1.21. The minimum absolute atomic E-state index is 0.0483. The third-order valence-corrected chi connectivity index (χ3v) is 8.21. The SMILES string of the molecule is CN1CCN(S(=O)(=O)c2ccc3nc(NC(=O)CCC(=O)c4ccccc4)sc3c2)CC1. The summed E-state index contributed by atoms with van der Waals surface area (Å²) in [4.78, 5) is 31.1. The highest BCUT2D eigenvalue weighted by Crippen LogP contribution is 2.29. The summed E-state index contributed by atoms with van der Waals surface area (Å²) in [5.74, 6) is -0.401. The Morgan fingerprint density at radius 3 is 2.47 bits per heavy atom. The predicted molar refractivity (Wildman–Crippen MR) is 125 cm³/mol. The molecule has 0 unspecified atom stereocenters. The molecule has 0 radical (unpaired) electrons. The van der Waals surface area contributed by atoms with Gasteiger partial charge in [0.25, 0.3) is 0 Å². The Morgan fingerprint density at radius 2 is 1.75 bits per heavy atom. The van der Waals surface area contributed by atoms with Crippen LogP contribution in [0.25, 0.3) is 10.2 Å². The smallest absolute Gasteiger partial charge is 0.243 e. The summed E-state index contributed by atoms with van der Waals surface area (Å²) in [6.45, 7) is 2.32. The first kappa shape index (κ1) is 22.5. The molecule has 4 rings (SSSR count). The molecule has 0 aliphatic carbocycles. The molecule has 0 bridgehead atoms. The number of carbonyl (C=O) groups is 2. The largest absolute Gasteiger partial charge is 0.304 e. The highest BCUT2D eigenvalue weighted by molar-refractivity contribution is 7.89. The number of hydrogen-bond donors (Lipinski definition) is 1. The molecule has 1 fully saturated rings. The molecule has 1 aliphatic rings. The van der Waals surface area contributed by atoms with Crippen molar-refractivity contribution in [2.45, 2.75) is 17.7 Å². The minimum Gasteiger partial charge on any atom is -0.304 e. The average molecular weight is 473 g/mol. The van der Waals surface area contributed by atoms with E-state index < -0.39 is 10.0 Å². The molecule has 1 N–H and O–H groups in total. The second-order valence-electron chi connectivity index (χ2n) is 7.69. The highest BCUT2D eigenvalue weighted by atomic mass is 32.2. The zero-order chi connectivity index (χ0) is 22.7. The first-order valence-electron chi connectivity index (χ1n) is 10.3. The van der Waals surface area contributed by atoms with E-state index in [-0.39, 0.29) is 29.4 Å². The van der Waals surface area contributed by atoms with Gasteiger partial charge in [-0.2, -0.15) is 4.31 Å². The number of rotatable bonds is 7. The van der Waals surface area contributed by atoms with Crippen LogP contribution in [0.15, 0.2) is 53.4 Å². The number of piperazine rings is 1. The summed E-state index contributed by atoms with van der Waals surface area (Å²) in [7, 11) is -1.60. The summed E-state index contributed by atoms with van der Waals surface area (Å²) in [5.41, 5.74) is 1.19. The number of sulfonamides is 1. The van der Waals surface area contributed by atoms with E-state index in [0.29, 0.717) is 47.1 Å². The number of anilines is 1. The Kier molecular flexibility index (Phi) is 6.66. The van der Waals surface area contributed by atoms with Gasteiger partial charge in [-0.25, -0.2) is 13.4 Å². The maximum absolute atomic E-state index is 13.0. The van der Waals surface area contributed by atoms with E-state index in [9.17, 15) is 18.0 Å². The Hall–Kier alpha value is -2.66. The summed E-state index contributed by atoms with van der Waals surface area (Å²) in [5, 5.41) is 3.10. The zero-order valence-corrected chi connectivity index (χ0v) is 19.3. The van der Waals surface area contributed by atoms with Crippen molar-refractivity contribution in [1.29, 1.82) is 0 Å². The monoisotopic (exact) mass is 472 g/mol. The third kappa shape index (κ3) is 5.04. The number of nitrogens with zero attached hydrogens (tertiary/aromatic N) is 3. The summed E-state index contributed by atoms with van der Waals surface area (Å²) in [6.07, 6.45) is 0.154. The molecule has 2 heterocycles. The van der Waals surface area contributed by atoms with E-state index in [1.54, 1.807) is 42.5 Å². The number of amides is 1. The fourth-order valence-corrected chi connectivity index (χ4v) is 5.92. The van der Waals surface area contributed by atoms with Crippen LogP contribution in [-0.4, -0.2) is 67.5 Å². The van der Waals surface area contributed by atoms with Crippen molar-refractivity contribution in [3.8, 4) is 0 Å². The summed E-state index contributed by atoms with van der Waals surface area (Å²) in [6, 6.07) is 13.7. The van der Waals surface area contributed by atoms with Gasteiger partial charge in [0.1, 0.15) is 0 Å². The van der Waals surface area contributed by atoms with Crippen molar-refractivity contribution >= 4 is 48.4 Å². The molecule has 1 saturated heterocycles. The van der Waals surface area contributed by atoms with Gasteiger partial charge < -0.3 is 10.2 Å². The fourth-order valence-electron chi connectivity index (χ4n) is 3.47.